The fraction of sp³-hybridized carbons (Fsp3) is 0.533. The largest absolute Gasteiger partial charge is 0.496 e. The van der Waals surface area contributed by atoms with E-state index >= 15 is 0 Å². The van der Waals surface area contributed by atoms with E-state index in [1.54, 1.807) is 7.11 Å². The number of carbonyl (C=O) groups excluding carboxylic acids is 1. The van der Waals surface area contributed by atoms with Crippen molar-refractivity contribution >= 4 is 5.91 Å². The molecule has 1 aromatic rings. The summed E-state index contributed by atoms with van der Waals surface area (Å²) in [6.45, 7) is 1.43. The van der Waals surface area contributed by atoms with Gasteiger partial charge in [0.1, 0.15) is 5.75 Å². The Morgan fingerprint density at radius 2 is 2.11 bits per heavy atom. The molecule has 1 saturated carbocycles. The highest BCUT2D eigenvalue weighted by Gasteiger charge is 2.48. The Morgan fingerprint density at radius 1 is 1.37 bits per heavy atom. The molecule has 4 heteroatoms. The average molecular weight is 262 g/mol. The topological polar surface area (TPSA) is 50.4 Å². The van der Waals surface area contributed by atoms with Crippen molar-refractivity contribution in [1.29, 1.82) is 0 Å². The molecule has 1 fully saturated rings. The zero-order chi connectivity index (χ0) is 13.7. The number of amides is 1. The fourth-order valence-electron chi connectivity index (χ4n) is 2.38. The number of benzene rings is 1. The van der Waals surface area contributed by atoms with Crippen molar-refractivity contribution in [2.24, 2.45) is 5.41 Å². The summed E-state index contributed by atoms with van der Waals surface area (Å²) in [7, 11) is 3.56. The van der Waals surface area contributed by atoms with Crippen LogP contribution in [0, 0.1) is 5.41 Å². The van der Waals surface area contributed by atoms with Crippen molar-refractivity contribution in [3.8, 4) is 5.75 Å². The zero-order valence-electron chi connectivity index (χ0n) is 11.7. The highest BCUT2D eigenvalue weighted by Crippen LogP contribution is 2.45. The molecule has 0 aliphatic heterocycles. The van der Waals surface area contributed by atoms with Gasteiger partial charge in [0.15, 0.2) is 0 Å². The van der Waals surface area contributed by atoms with Crippen molar-refractivity contribution < 1.29 is 9.53 Å². The summed E-state index contributed by atoms with van der Waals surface area (Å²) in [5, 5.41) is 6.13. The summed E-state index contributed by atoms with van der Waals surface area (Å²) in [5.41, 5.74) is 0.985. The molecule has 2 rings (SSSR count). The summed E-state index contributed by atoms with van der Waals surface area (Å²) >= 11 is 0. The zero-order valence-corrected chi connectivity index (χ0v) is 11.7. The van der Waals surface area contributed by atoms with Gasteiger partial charge in [-0.15, -0.1) is 0 Å². The third-order valence-electron chi connectivity index (χ3n) is 3.72. The number of nitrogens with one attached hydrogen (secondary N) is 2. The van der Waals surface area contributed by atoms with Crippen molar-refractivity contribution in [3.63, 3.8) is 0 Å². The van der Waals surface area contributed by atoms with Crippen molar-refractivity contribution in [3.05, 3.63) is 29.8 Å². The maximum absolute atomic E-state index is 12.1. The minimum Gasteiger partial charge on any atom is -0.496 e. The molecule has 1 aromatic carbocycles. The molecule has 0 radical (unpaired) electrons. The van der Waals surface area contributed by atoms with Crippen LogP contribution in [0.25, 0.3) is 0 Å². The van der Waals surface area contributed by atoms with Gasteiger partial charge in [0, 0.05) is 13.1 Å². The van der Waals surface area contributed by atoms with Gasteiger partial charge in [0.25, 0.3) is 0 Å². The molecule has 2 N–H and O–H groups in total. The van der Waals surface area contributed by atoms with Crippen LogP contribution in [0.15, 0.2) is 24.3 Å². The Morgan fingerprint density at radius 3 is 2.74 bits per heavy atom. The highest BCUT2D eigenvalue weighted by atomic mass is 16.5. The van der Waals surface area contributed by atoms with Crippen LogP contribution >= 0.6 is 0 Å². The third-order valence-corrected chi connectivity index (χ3v) is 3.72. The van der Waals surface area contributed by atoms with E-state index < -0.39 is 0 Å². The van der Waals surface area contributed by atoms with Crippen LogP contribution in [0.1, 0.15) is 18.4 Å². The average Bonchev–Trinajstić information content (AvgIpc) is 3.20. The van der Waals surface area contributed by atoms with Gasteiger partial charge in [-0.25, -0.2) is 0 Å². The standard InChI is InChI=1S/C15H22N2O2/c1-16-11-15(8-9-15)14(18)17-10-7-12-5-3-4-6-13(12)19-2/h3-6,16H,7-11H2,1-2H3,(H,17,18). The molecule has 4 nitrogen and oxygen atoms in total. The maximum atomic E-state index is 12.1. The first-order chi connectivity index (χ1) is 9.22. The van der Waals surface area contributed by atoms with E-state index in [1.165, 1.54) is 0 Å². The van der Waals surface area contributed by atoms with Crippen LogP contribution < -0.4 is 15.4 Å². The van der Waals surface area contributed by atoms with Gasteiger partial charge in [0.05, 0.1) is 12.5 Å². The number of methoxy groups -OCH3 is 1. The van der Waals surface area contributed by atoms with Gasteiger partial charge in [-0.05, 0) is 37.9 Å². The molecular weight excluding hydrogens is 240 g/mol. The number of carbonyl (C=O) groups is 1. The number of ether oxygens (including phenoxy) is 1. The number of hydrogen-bond donors (Lipinski definition) is 2. The number of hydrogen-bond acceptors (Lipinski definition) is 3. The highest BCUT2D eigenvalue weighted by molar-refractivity contribution is 5.85. The fourth-order valence-corrected chi connectivity index (χ4v) is 2.38. The molecule has 0 unspecified atom stereocenters. The predicted molar refractivity (Wildman–Crippen MR) is 75.3 cm³/mol. The molecule has 0 aromatic heterocycles. The molecule has 0 saturated heterocycles. The van der Waals surface area contributed by atoms with E-state index in [9.17, 15) is 4.79 Å². The van der Waals surface area contributed by atoms with E-state index in [4.69, 9.17) is 4.74 Å². The summed E-state index contributed by atoms with van der Waals surface area (Å²) in [6.07, 6.45) is 2.79. The molecule has 1 amide bonds. The molecule has 1 aliphatic carbocycles. The molecule has 0 heterocycles. The van der Waals surface area contributed by atoms with Crippen LogP contribution in [0.4, 0.5) is 0 Å². The van der Waals surface area contributed by atoms with Crippen LogP contribution in [0.2, 0.25) is 0 Å². The molecule has 1 aliphatic rings. The second-order valence-corrected chi connectivity index (χ2v) is 5.13. The first-order valence-corrected chi connectivity index (χ1v) is 6.77. The van der Waals surface area contributed by atoms with Gasteiger partial charge in [-0.1, -0.05) is 18.2 Å². The van der Waals surface area contributed by atoms with Gasteiger partial charge in [-0.3, -0.25) is 4.79 Å². The minimum absolute atomic E-state index is 0.143. The second kappa shape index (κ2) is 6.06. The van der Waals surface area contributed by atoms with Gasteiger partial charge < -0.3 is 15.4 Å². The molecule has 0 spiro atoms. The van der Waals surface area contributed by atoms with E-state index in [2.05, 4.69) is 10.6 Å². The second-order valence-electron chi connectivity index (χ2n) is 5.13. The Kier molecular flexibility index (Phi) is 4.43. The van der Waals surface area contributed by atoms with Crippen LogP contribution in [-0.4, -0.2) is 33.2 Å². The SMILES string of the molecule is CNCC1(C(=O)NCCc2ccccc2OC)CC1. The quantitative estimate of drug-likeness (QED) is 0.780. The van der Waals surface area contributed by atoms with E-state index in [0.29, 0.717) is 6.54 Å². The van der Waals surface area contributed by atoms with Gasteiger partial charge in [-0.2, -0.15) is 0 Å². The minimum atomic E-state index is -0.143. The molecule has 19 heavy (non-hydrogen) atoms. The summed E-state index contributed by atoms with van der Waals surface area (Å²) in [4.78, 5) is 12.1. The molecular formula is C15H22N2O2. The smallest absolute Gasteiger partial charge is 0.227 e. The number of para-hydroxylation sites is 1. The van der Waals surface area contributed by atoms with Crippen molar-refractivity contribution in [1.82, 2.24) is 10.6 Å². The number of rotatable bonds is 7. The van der Waals surface area contributed by atoms with Gasteiger partial charge in [0.2, 0.25) is 5.91 Å². The lowest BCUT2D eigenvalue weighted by Crippen LogP contribution is -2.38. The van der Waals surface area contributed by atoms with Crippen LogP contribution in [0.5, 0.6) is 5.75 Å². The van der Waals surface area contributed by atoms with E-state index in [0.717, 1.165) is 37.1 Å². The summed E-state index contributed by atoms with van der Waals surface area (Å²) < 4.78 is 5.30. The Balaban J connectivity index is 1.82. The molecule has 0 atom stereocenters. The normalized spacial score (nSPS) is 15.9. The Hall–Kier alpha value is -1.55. The predicted octanol–water partition coefficient (Wildman–Crippen LogP) is 1.35. The lowest BCUT2D eigenvalue weighted by Gasteiger charge is -2.15. The first kappa shape index (κ1) is 13.9. The Bertz CT molecular complexity index is 442. The molecule has 104 valence electrons. The first-order valence-electron chi connectivity index (χ1n) is 6.77. The van der Waals surface area contributed by atoms with Crippen LogP contribution in [-0.2, 0) is 11.2 Å². The molecule has 0 bridgehead atoms. The Labute approximate surface area is 114 Å². The lowest BCUT2D eigenvalue weighted by molar-refractivity contribution is -0.126. The van der Waals surface area contributed by atoms with E-state index in [-0.39, 0.29) is 11.3 Å². The van der Waals surface area contributed by atoms with Crippen molar-refractivity contribution in [2.75, 3.05) is 27.2 Å². The van der Waals surface area contributed by atoms with Crippen LogP contribution in [0.3, 0.4) is 0 Å². The lowest BCUT2D eigenvalue weighted by atomic mass is 10.1. The van der Waals surface area contributed by atoms with Gasteiger partial charge >= 0.3 is 0 Å². The van der Waals surface area contributed by atoms with E-state index in [1.807, 2.05) is 31.3 Å². The summed E-state index contributed by atoms with van der Waals surface area (Å²) in [6, 6.07) is 7.92. The maximum Gasteiger partial charge on any atom is 0.227 e. The summed E-state index contributed by atoms with van der Waals surface area (Å²) in [5.74, 6) is 1.06. The van der Waals surface area contributed by atoms with Crippen molar-refractivity contribution in [2.45, 2.75) is 19.3 Å². The third kappa shape index (κ3) is 3.26. The monoisotopic (exact) mass is 262 g/mol.